The first-order valence-electron chi connectivity index (χ1n) is 8.45. The molecule has 0 saturated heterocycles. The summed E-state index contributed by atoms with van der Waals surface area (Å²) < 4.78 is 0. The van der Waals surface area contributed by atoms with Crippen LogP contribution in [0, 0.1) is 0 Å². The number of hydrogen-bond donors (Lipinski definition) is 3. The first-order chi connectivity index (χ1) is 12.5. The monoisotopic (exact) mass is 347 g/mol. The normalized spacial score (nSPS) is 11.7. The molecule has 0 fully saturated rings. The quantitative estimate of drug-likeness (QED) is 0.660. The molecule has 26 heavy (non-hydrogen) atoms. The molecular formula is C21H21N3O2. The number of hydrogen-bond acceptors (Lipinski definition) is 2. The van der Waals surface area contributed by atoms with Crippen LogP contribution in [0.15, 0.2) is 66.7 Å². The number of nitrogens with one attached hydrogen (secondary N) is 2. The second kappa shape index (κ2) is 7.70. The molecule has 0 spiro atoms. The fourth-order valence-corrected chi connectivity index (χ4v) is 2.95. The lowest BCUT2D eigenvalue weighted by Crippen LogP contribution is -2.29. The standard InChI is InChI=1S/C21H21N3O2/c1-14(18-8-4-6-16-5-2-3-7-19(16)18)24-20(25)17-11-9-15(10-12-17)13-23-21(22)26/h2-12,14H,13H2,1H3,(H,24,25)(H3,22,23,26). The van der Waals surface area contributed by atoms with Crippen molar-refractivity contribution >= 4 is 22.7 Å². The Morgan fingerprint density at radius 1 is 0.962 bits per heavy atom. The molecule has 5 heteroatoms. The summed E-state index contributed by atoms with van der Waals surface area (Å²) >= 11 is 0. The van der Waals surface area contributed by atoms with Crippen LogP contribution in [-0.2, 0) is 6.54 Å². The van der Waals surface area contributed by atoms with E-state index in [-0.39, 0.29) is 11.9 Å². The third kappa shape index (κ3) is 4.00. The molecule has 0 aliphatic rings. The van der Waals surface area contributed by atoms with Gasteiger partial charge in [0.15, 0.2) is 0 Å². The summed E-state index contributed by atoms with van der Waals surface area (Å²) in [5, 5.41) is 7.85. The van der Waals surface area contributed by atoms with Crippen molar-refractivity contribution in [1.82, 2.24) is 10.6 Å². The van der Waals surface area contributed by atoms with E-state index in [4.69, 9.17) is 5.73 Å². The Morgan fingerprint density at radius 3 is 2.38 bits per heavy atom. The van der Waals surface area contributed by atoms with E-state index in [0.29, 0.717) is 12.1 Å². The number of primary amides is 1. The maximum absolute atomic E-state index is 12.5. The highest BCUT2D eigenvalue weighted by Crippen LogP contribution is 2.24. The van der Waals surface area contributed by atoms with Crippen LogP contribution in [0.5, 0.6) is 0 Å². The molecule has 1 unspecified atom stereocenters. The van der Waals surface area contributed by atoms with Crippen molar-refractivity contribution in [3.8, 4) is 0 Å². The smallest absolute Gasteiger partial charge is 0.312 e. The Morgan fingerprint density at radius 2 is 1.65 bits per heavy atom. The molecule has 0 aliphatic heterocycles. The van der Waals surface area contributed by atoms with Crippen molar-refractivity contribution in [1.29, 1.82) is 0 Å². The lowest BCUT2D eigenvalue weighted by molar-refractivity contribution is 0.0940. The Hall–Kier alpha value is -3.34. The number of amides is 3. The number of carbonyl (C=O) groups is 2. The van der Waals surface area contributed by atoms with Crippen molar-refractivity contribution in [2.24, 2.45) is 5.73 Å². The largest absolute Gasteiger partial charge is 0.352 e. The number of urea groups is 1. The fraction of sp³-hybridized carbons (Fsp3) is 0.143. The second-order valence-corrected chi connectivity index (χ2v) is 6.18. The first-order valence-corrected chi connectivity index (χ1v) is 8.45. The lowest BCUT2D eigenvalue weighted by Gasteiger charge is -2.17. The van der Waals surface area contributed by atoms with Crippen LogP contribution < -0.4 is 16.4 Å². The van der Waals surface area contributed by atoms with Gasteiger partial charge >= 0.3 is 6.03 Å². The van der Waals surface area contributed by atoms with Gasteiger partial charge < -0.3 is 16.4 Å². The summed E-state index contributed by atoms with van der Waals surface area (Å²) in [7, 11) is 0. The predicted octanol–water partition coefficient (Wildman–Crippen LogP) is 3.50. The summed E-state index contributed by atoms with van der Waals surface area (Å²) in [5.41, 5.74) is 7.58. The first kappa shape index (κ1) is 17.5. The van der Waals surface area contributed by atoms with E-state index < -0.39 is 6.03 Å². The number of fused-ring (bicyclic) bond motifs is 1. The van der Waals surface area contributed by atoms with Crippen LogP contribution in [0.2, 0.25) is 0 Å². The summed E-state index contributed by atoms with van der Waals surface area (Å²) in [6, 6.07) is 20.6. The van der Waals surface area contributed by atoms with Crippen molar-refractivity contribution in [3.63, 3.8) is 0 Å². The van der Waals surface area contributed by atoms with E-state index in [1.54, 1.807) is 24.3 Å². The van der Waals surface area contributed by atoms with Gasteiger partial charge in [-0.05, 0) is 41.0 Å². The van der Waals surface area contributed by atoms with E-state index in [0.717, 1.165) is 21.9 Å². The van der Waals surface area contributed by atoms with E-state index in [2.05, 4.69) is 28.8 Å². The average Bonchev–Trinajstić information content (AvgIpc) is 2.66. The average molecular weight is 347 g/mol. The fourth-order valence-electron chi connectivity index (χ4n) is 2.95. The molecule has 1 atom stereocenters. The van der Waals surface area contributed by atoms with Crippen molar-refractivity contribution in [3.05, 3.63) is 83.4 Å². The highest BCUT2D eigenvalue weighted by atomic mass is 16.2. The third-order valence-electron chi connectivity index (χ3n) is 4.32. The Balaban J connectivity index is 1.71. The maximum Gasteiger partial charge on any atom is 0.312 e. The topological polar surface area (TPSA) is 84.2 Å². The molecular weight excluding hydrogens is 326 g/mol. The molecule has 3 rings (SSSR count). The summed E-state index contributed by atoms with van der Waals surface area (Å²) in [6.45, 7) is 2.31. The molecule has 3 amide bonds. The summed E-state index contributed by atoms with van der Waals surface area (Å²) in [5.74, 6) is -0.139. The van der Waals surface area contributed by atoms with Gasteiger partial charge in [0.05, 0.1) is 6.04 Å². The minimum absolute atomic E-state index is 0.121. The van der Waals surface area contributed by atoms with Gasteiger partial charge in [-0.2, -0.15) is 0 Å². The zero-order valence-corrected chi connectivity index (χ0v) is 14.5. The van der Waals surface area contributed by atoms with Gasteiger partial charge in [0.1, 0.15) is 0 Å². The molecule has 132 valence electrons. The maximum atomic E-state index is 12.5. The molecule has 0 heterocycles. The zero-order chi connectivity index (χ0) is 18.5. The molecule has 0 aromatic heterocycles. The van der Waals surface area contributed by atoms with Gasteiger partial charge in [-0.25, -0.2) is 4.79 Å². The molecule has 4 N–H and O–H groups in total. The lowest BCUT2D eigenvalue weighted by atomic mass is 9.99. The Labute approximate surface area is 152 Å². The van der Waals surface area contributed by atoms with Crippen LogP contribution in [0.4, 0.5) is 4.79 Å². The minimum atomic E-state index is -0.573. The van der Waals surface area contributed by atoms with Crippen molar-refractivity contribution < 1.29 is 9.59 Å². The molecule has 5 nitrogen and oxygen atoms in total. The highest BCUT2D eigenvalue weighted by Gasteiger charge is 2.13. The van der Waals surface area contributed by atoms with Crippen LogP contribution in [0.25, 0.3) is 10.8 Å². The number of benzene rings is 3. The molecule has 0 aliphatic carbocycles. The molecule has 0 radical (unpaired) electrons. The van der Waals surface area contributed by atoms with Crippen molar-refractivity contribution in [2.75, 3.05) is 0 Å². The van der Waals surface area contributed by atoms with Gasteiger partial charge in [0.2, 0.25) is 0 Å². The minimum Gasteiger partial charge on any atom is -0.352 e. The highest BCUT2D eigenvalue weighted by molar-refractivity contribution is 5.95. The number of carbonyl (C=O) groups excluding carboxylic acids is 2. The van der Waals surface area contributed by atoms with Gasteiger partial charge in [0.25, 0.3) is 5.91 Å². The third-order valence-corrected chi connectivity index (χ3v) is 4.32. The van der Waals surface area contributed by atoms with E-state index in [1.165, 1.54) is 0 Å². The predicted molar refractivity (Wildman–Crippen MR) is 103 cm³/mol. The van der Waals surface area contributed by atoms with Crippen molar-refractivity contribution in [2.45, 2.75) is 19.5 Å². The van der Waals surface area contributed by atoms with Gasteiger partial charge in [0, 0.05) is 12.1 Å². The summed E-state index contributed by atoms with van der Waals surface area (Å²) in [6.07, 6.45) is 0. The Bertz CT molecular complexity index is 930. The van der Waals surface area contributed by atoms with E-state index in [9.17, 15) is 9.59 Å². The summed E-state index contributed by atoms with van der Waals surface area (Å²) in [4.78, 5) is 23.3. The van der Waals surface area contributed by atoms with Crippen LogP contribution in [0.3, 0.4) is 0 Å². The van der Waals surface area contributed by atoms with Crippen LogP contribution >= 0.6 is 0 Å². The number of rotatable bonds is 5. The number of nitrogens with two attached hydrogens (primary N) is 1. The van der Waals surface area contributed by atoms with Gasteiger partial charge in [-0.15, -0.1) is 0 Å². The molecule has 0 bridgehead atoms. The van der Waals surface area contributed by atoms with Crippen LogP contribution in [-0.4, -0.2) is 11.9 Å². The zero-order valence-electron chi connectivity index (χ0n) is 14.5. The van der Waals surface area contributed by atoms with Gasteiger partial charge in [-0.1, -0.05) is 54.6 Å². The Kier molecular flexibility index (Phi) is 5.17. The van der Waals surface area contributed by atoms with Crippen LogP contribution in [0.1, 0.15) is 34.5 Å². The second-order valence-electron chi connectivity index (χ2n) is 6.18. The molecule has 0 saturated carbocycles. The molecule has 3 aromatic carbocycles. The van der Waals surface area contributed by atoms with E-state index >= 15 is 0 Å². The van der Waals surface area contributed by atoms with E-state index in [1.807, 2.05) is 31.2 Å². The SMILES string of the molecule is CC(NC(=O)c1ccc(CNC(N)=O)cc1)c1cccc2ccccc12. The van der Waals surface area contributed by atoms with Gasteiger partial charge in [-0.3, -0.25) is 4.79 Å². The molecule has 3 aromatic rings.